The van der Waals surface area contributed by atoms with Gasteiger partial charge in [0, 0.05) is 11.8 Å². The molecular weight excluding hydrogens is 272 g/mol. The molecule has 6 heteroatoms. The minimum absolute atomic E-state index is 0.236. The molecule has 1 N–H and O–H groups in total. The molecule has 2 rings (SSSR count). The van der Waals surface area contributed by atoms with E-state index in [9.17, 15) is 10.0 Å². The normalized spacial score (nSPS) is 11.0. The van der Waals surface area contributed by atoms with Crippen molar-refractivity contribution in [3.63, 3.8) is 0 Å². The summed E-state index contributed by atoms with van der Waals surface area (Å²) in [5, 5.41) is 12.6. The fourth-order valence-electron chi connectivity index (χ4n) is 1.83. The molecule has 108 valence electrons. The van der Waals surface area contributed by atoms with Gasteiger partial charge in [-0.15, -0.1) is 0 Å². The predicted molar refractivity (Wildman–Crippen MR) is 76.0 cm³/mol. The number of oxime groups is 1. The van der Waals surface area contributed by atoms with E-state index >= 15 is 0 Å². The lowest BCUT2D eigenvalue weighted by molar-refractivity contribution is 0.0600. The first-order valence-corrected chi connectivity index (χ1v) is 6.11. The molecule has 0 saturated carbocycles. The van der Waals surface area contributed by atoms with E-state index < -0.39 is 5.97 Å². The topological polar surface area (TPSA) is 81.0 Å². The van der Waals surface area contributed by atoms with Crippen molar-refractivity contribution in [2.75, 3.05) is 14.2 Å². The standard InChI is InChI=1S/C15H14N2O4/c1-20-12-5-3-4-10(8-12)14(17-19)13-9-11(6-7-16-13)15(18)21-2/h3-9,19H,1-2H3/b17-14+. The van der Waals surface area contributed by atoms with Crippen LogP contribution in [-0.2, 0) is 4.74 Å². The predicted octanol–water partition coefficient (Wildman–Crippen LogP) is 2.10. The van der Waals surface area contributed by atoms with Gasteiger partial charge >= 0.3 is 5.97 Å². The molecule has 0 amide bonds. The largest absolute Gasteiger partial charge is 0.497 e. The number of hydrogen-bond acceptors (Lipinski definition) is 6. The van der Waals surface area contributed by atoms with Gasteiger partial charge in [-0.1, -0.05) is 17.3 Å². The quantitative estimate of drug-likeness (QED) is 0.403. The maximum absolute atomic E-state index is 11.5. The fraction of sp³-hybridized carbons (Fsp3) is 0.133. The van der Waals surface area contributed by atoms with Gasteiger partial charge in [0.1, 0.15) is 11.5 Å². The Morgan fingerprint density at radius 2 is 2.00 bits per heavy atom. The van der Waals surface area contributed by atoms with Crippen LogP contribution in [0.2, 0.25) is 0 Å². The van der Waals surface area contributed by atoms with Crippen LogP contribution in [0.25, 0.3) is 0 Å². The van der Waals surface area contributed by atoms with E-state index in [4.69, 9.17) is 4.74 Å². The van der Waals surface area contributed by atoms with Gasteiger partial charge in [-0.05, 0) is 24.3 Å². The smallest absolute Gasteiger partial charge is 0.337 e. The molecule has 6 nitrogen and oxygen atoms in total. The third-order valence-electron chi connectivity index (χ3n) is 2.87. The summed E-state index contributed by atoms with van der Waals surface area (Å²) < 4.78 is 9.79. The summed E-state index contributed by atoms with van der Waals surface area (Å²) in [7, 11) is 2.84. The molecule has 0 bridgehead atoms. The Hall–Kier alpha value is -2.89. The number of benzene rings is 1. The molecule has 0 spiro atoms. The lowest BCUT2D eigenvalue weighted by Crippen LogP contribution is -2.09. The number of nitrogens with zero attached hydrogens (tertiary/aromatic N) is 2. The van der Waals surface area contributed by atoms with Crippen LogP contribution in [0.1, 0.15) is 21.6 Å². The number of carbonyl (C=O) groups excluding carboxylic acids is 1. The first-order chi connectivity index (χ1) is 10.2. The number of ether oxygens (including phenoxy) is 2. The molecule has 0 fully saturated rings. The lowest BCUT2D eigenvalue weighted by Gasteiger charge is -2.07. The number of aromatic nitrogens is 1. The van der Waals surface area contributed by atoms with Gasteiger partial charge in [0.2, 0.25) is 0 Å². The van der Waals surface area contributed by atoms with Crippen LogP contribution in [0.5, 0.6) is 5.75 Å². The van der Waals surface area contributed by atoms with E-state index in [0.29, 0.717) is 22.6 Å². The second-order valence-corrected chi connectivity index (χ2v) is 4.10. The average Bonchev–Trinajstić information content (AvgIpc) is 2.55. The highest BCUT2D eigenvalue weighted by atomic mass is 16.5. The first kappa shape index (κ1) is 14.5. The number of pyridine rings is 1. The van der Waals surface area contributed by atoms with Crippen molar-refractivity contribution in [1.29, 1.82) is 0 Å². The molecule has 1 aromatic heterocycles. The Morgan fingerprint density at radius 3 is 2.67 bits per heavy atom. The molecule has 0 atom stereocenters. The van der Waals surface area contributed by atoms with Gasteiger partial charge in [0.15, 0.2) is 0 Å². The maximum Gasteiger partial charge on any atom is 0.337 e. The monoisotopic (exact) mass is 286 g/mol. The van der Waals surface area contributed by atoms with Crippen LogP contribution in [0, 0.1) is 0 Å². The minimum atomic E-state index is -0.485. The molecule has 1 heterocycles. The van der Waals surface area contributed by atoms with E-state index in [1.165, 1.54) is 25.4 Å². The number of rotatable bonds is 4. The summed E-state index contributed by atoms with van der Waals surface area (Å²) in [4.78, 5) is 15.7. The van der Waals surface area contributed by atoms with E-state index in [2.05, 4.69) is 14.9 Å². The van der Waals surface area contributed by atoms with Crippen molar-refractivity contribution in [3.8, 4) is 5.75 Å². The Morgan fingerprint density at radius 1 is 1.19 bits per heavy atom. The van der Waals surface area contributed by atoms with Gasteiger partial charge in [-0.2, -0.15) is 0 Å². The van der Waals surface area contributed by atoms with Crippen molar-refractivity contribution in [3.05, 3.63) is 59.4 Å². The molecule has 0 aliphatic carbocycles. The molecule has 0 saturated heterocycles. The van der Waals surface area contributed by atoms with Crippen molar-refractivity contribution in [1.82, 2.24) is 4.98 Å². The third-order valence-corrected chi connectivity index (χ3v) is 2.87. The third kappa shape index (κ3) is 3.17. The van der Waals surface area contributed by atoms with E-state index in [-0.39, 0.29) is 5.71 Å². The lowest BCUT2D eigenvalue weighted by atomic mass is 10.1. The Kier molecular flexibility index (Phi) is 4.50. The van der Waals surface area contributed by atoms with Gasteiger partial charge in [0.05, 0.1) is 25.5 Å². The van der Waals surface area contributed by atoms with Crippen molar-refractivity contribution in [2.45, 2.75) is 0 Å². The van der Waals surface area contributed by atoms with E-state index in [0.717, 1.165) is 0 Å². The Bertz CT molecular complexity index is 683. The zero-order valence-corrected chi connectivity index (χ0v) is 11.6. The number of methoxy groups -OCH3 is 2. The van der Waals surface area contributed by atoms with Crippen molar-refractivity contribution < 1.29 is 19.5 Å². The van der Waals surface area contributed by atoms with Crippen LogP contribution >= 0.6 is 0 Å². The highest BCUT2D eigenvalue weighted by molar-refractivity contribution is 6.12. The van der Waals surface area contributed by atoms with Crippen LogP contribution in [0.4, 0.5) is 0 Å². The summed E-state index contributed by atoms with van der Waals surface area (Å²) in [5.74, 6) is 0.138. The zero-order chi connectivity index (χ0) is 15.2. The number of esters is 1. The van der Waals surface area contributed by atoms with E-state index in [1.807, 2.05) is 0 Å². The summed E-state index contributed by atoms with van der Waals surface area (Å²) in [5.41, 5.74) is 1.53. The second-order valence-electron chi connectivity index (χ2n) is 4.10. The Balaban J connectivity index is 2.44. The minimum Gasteiger partial charge on any atom is -0.497 e. The molecule has 0 radical (unpaired) electrons. The van der Waals surface area contributed by atoms with Crippen LogP contribution < -0.4 is 4.74 Å². The summed E-state index contributed by atoms with van der Waals surface area (Å²) in [6.07, 6.45) is 1.45. The fourth-order valence-corrected chi connectivity index (χ4v) is 1.83. The molecule has 0 unspecified atom stereocenters. The van der Waals surface area contributed by atoms with Gasteiger partial charge in [-0.3, -0.25) is 4.98 Å². The molecule has 0 aliphatic heterocycles. The van der Waals surface area contributed by atoms with Crippen LogP contribution in [0.3, 0.4) is 0 Å². The van der Waals surface area contributed by atoms with Crippen molar-refractivity contribution >= 4 is 11.7 Å². The summed E-state index contributed by atoms with van der Waals surface area (Å²) in [6.45, 7) is 0. The van der Waals surface area contributed by atoms with Crippen LogP contribution in [0.15, 0.2) is 47.8 Å². The van der Waals surface area contributed by atoms with Gasteiger partial charge < -0.3 is 14.7 Å². The average molecular weight is 286 g/mol. The number of carbonyl (C=O) groups is 1. The zero-order valence-electron chi connectivity index (χ0n) is 11.6. The maximum atomic E-state index is 11.5. The second kappa shape index (κ2) is 6.51. The molecule has 21 heavy (non-hydrogen) atoms. The SMILES string of the molecule is COC(=O)c1ccnc(/C(=N/O)c2cccc(OC)c2)c1. The highest BCUT2D eigenvalue weighted by Gasteiger charge is 2.13. The van der Waals surface area contributed by atoms with E-state index in [1.54, 1.807) is 31.4 Å². The summed E-state index contributed by atoms with van der Waals surface area (Å²) >= 11 is 0. The molecule has 0 aliphatic rings. The summed E-state index contributed by atoms with van der Waals surface area (Å²) in [6, 6.07) is 10.0. The highest BCUT2D eigenvalue weighted by Crippen LogP contribution is 2.17. The Labute approximate surface area is 121 Å². The molecular formula is C15H14N2O4. The van der Waals surface area contributed by atoms with Gasteiger partial charge in [0.25, 0.3) is 0 Å². The molecule has 2 aromatic rings. The molecule has 1 aromatic carbocycles. The number of hydrogen-bond donors (Lipinski definition) is 1. The van der Waals surface area contributed by atoms with Crippen LogP contribution in [-0.4, -0.2) is 36.1 Å². The van der Waals surface area contributed by atoms with Gasteiger partial charge in [-0.25, -0.2) is 4.79 Å². The first-order valence-electron chi connectivity index (χ1n) is 6.11. The van der Waals surface area contributed by atoms with Crippen molar-refractivity contribution in [2.24, 2.45) is 5.16 Å².